The Bertz CT molecular complexity index is 1140. The minimum Gasteiger partial charge on any atom is -0.378 e. The van der Waals surface area contributed by atoms with Gasteiger partial charge >= 0.3 is 0 Å². The lowest BCUT2D eigenvalue weighted by Gasteiger charge is -2.34. The molecule has 0 unspecified atom stereocenters. The maximum Gasteiger partial charge on any atom is 0.283 e. The molecule has 10 heteroatoms. The Hall–Kier alpha value is -3.37. The van der Waals surface area contributed by atoms with E-state index in [1.807, 2.05) is 24.3 Å². The molecule has 2 heterocycles. The Labute approximate surface area is 208 Å². The lowest BCUT2D eigenvalue weighted by molar-refractivity contribution is -0.387. The molecule has 2 aromatic rings. The quantitative estimate of drug-likeness (QED) is 0.344. The molecule has 0 aromatic heterocycles. The lowest BCUT2D eigenvalue weighted by atomic mass is 10.1. The number of ether oxygens (including phenoxy) is 1. The second-order valence-electron chi connectivity index (χ2n) is 8.42. The van der Waals surface area contributed by atoms with Gasteiger partial charge in [-0.15, -0.1) is 0 Å². The van der Waals surface area contributed by atoms with Crippen LogP contribution in [0.25, 0.3) is 5.57 Å². The molecule has 2 aliphatic rings. The fourth-order valence-corrected chi connectivity index (χ4v) is 5.12. The average Bonchev–Trinajstić information content (AvgIpc) is 2.88. The molecule has 0 aliphatic carbocycles. The lowest BCUT2D eigenvalue weighted by Crippen LogP contribution is -2.50. The Morgan fingerprint density at radius 1 is 1.00 bits per heavy atom. The van der Waals surface area contributed by atoms with Crippen molar-refractivity contribution in [1.29, 1.82) is 0 Å². The van der Waals surface area contributed by atoms with Crippen molar-refractivity contribution in [3.8, 4) is 0 Å². The van der Waals surface area contributed by atoms with Gasteiger partial charge in [-0.3, -0.25) is 19.7 Å². The summed E-state index contributed by atoms with van der Waals surface area (Å²) in [5.41, 5.74) is 1.61. The summed E-state index contributed by atoms with van der Waals surface area (Å²) in [5, 5.41) is 11.9. The van der Waals surface area contributed by atoms with E-state index in [0.29, 0.717) is 49.9 Å². The molecule has 2 aliphatic heterocycles. The van der Waals surface area contributed by atoms with Crippen LogP contribution in [0.3, 0.4) is 0 Å². The number of rotatable bonds is 6. The van der Waals surface area contributed by atoms with E-state index in [1.54, 1.807) is 21.9 Å². The van der Waals surface area contributed by atoms with Gasteiger partial charge in [-0.1, -0.05) is 30.5 Å². The number of hydrogen-bond acceptors (Lipinski definition) is 7. The number of morpholine rings is 1. The highest BCUT2D eigenvalue weighted by Crippen LogP contribution is 2.38. The summed E-state index contributed by atoms with van der Waals surface area (Å²) < 4.78 is 5.42. The topological polar surface area (TPSA) is 96.2 Å². The van der Waals surface area contributed by atoms with Crippen molar-refractivity contribution in [2.75, 3.05) is 57.4 Å². The molecule has 2 aromatic carbocycles. The molecule has 184 valence electrons. The SMILES string of the molecule is C=C(C(=O)N1CCN(C(C)=O)CC1)c1ccc(Sc2cccc(N3CCOCC3)c2)c([N+](=O)[O-])c1. The molecule has 4 rings (SSSR count). The van der Waals surface area contributed by atoms with Crippen LogP contribution in [0.15, 0.2) is 58.8 Å². The smallest absolute Gasteiger partial charge is 0.283 e. The first-order valence-electron chi connectivity index (χ1n) is 11.5. The Kier molecular flexibility index (Phi) is 7.72. The zero-order valence-electron chi connectivity index (χ0n) is 19.6. The zero-order chi connectivity index (χ0) is 24.9. The minimum absolute atomic E-state index is 0.0184. The predicted molar refractivity (Wildman–Crippen MR) is 135 cm³/mol. The predicted octanol–water partition coefficient (Wildman–Crippen LogP) is 3.29. The molecule has 0 bridgehead atoms. The summed E-state index contributed by atoms with van der Waals surface area (Å²) in [6.07, 6.45) is 0. The van der Waals surface area contributed by atoms with Gasteiger partial charge < -0.3 is 19.4 Å². The van der Waals surface area contributed by atoms with Gasteiger partial charge in [0.2, 0.25) is 5.91 Å². The van der Waals surface area contributed by atoms with E-state index in [9.17, 15) is 19.7 Å². The third-order valence-corrected chi connectivity index (χ3v) is 7.25. The van der Waals surface area contributed by atoms with Gasteiger partial charge in [0.15, 0.2) is 0 Å². The van der Waals surface area contributed by atoms with Gasteiger partial charge in [-0.05, 0) is 29.8 Å². The number of nitro benzene ring substituents is 1. The van der Waals surface area contributed by atoms with Crippen LogP contribution >= 0.6 is 11.8 Å². The van der Waals surface area contributed by atoms with E-state index < -0.39 is 4.92 Å². The number of nitro groups is 1. The highest BCUT2D eigenvalue weighted by molar-refractivity contribution is 7.99. The molecule has 0 radical (unpaired) electrons. The highest BCUT2D eigenvalue weighted by atomic mass is 32.2. The molecule has 2 saturated heterocycles. The first-order chi connectivity index (χ1) is 16.8. The van der Waals surface area contributed by atoms with Crippen molar-refractivity contribution in [3.05, 3.63) is 64.7 Å². The molecule has 2 amide bonds. The second kappa shape index (κ2) is 10.9. The van der Waals surface area contributed by atoms with Crippen LogP contribution in [0.1, 0.15) is 12.5 Å². The summed E-state index contributed by atoms with van der Waals surface area (Å²) >= 11 is 1.32. The van der Waals surface area contributed by atoms with Crippen molar-refractivity contribution in [1.82, 2.24) is 9.80 Å². The van der Waals surface area contributed by atoms with Gasteiger partial charge in [0.05, 0.1) is 23.0 Å². The van der Waals surface area contributed by atoms with Crippen molar-refractivity contribution in [2.24, 2.45) is 0 Å². The number of carbonyl (C=O) groups excluding carboxylic acids is 2. The second-order valence-corrected chi connectivity index (χ2v) is 9.53. The minimum atomic E-state index is -0.430. The number of anilines is 1. The molecule has 2 fully saturated rings. The summed E-state index contributed by atoms with van der Waals surface area (Å²) in [4.78, 5) is 42.9. The van der Waals surface area contributed by atoms with Gasteiger partial charge in [-0.25, -0.2) is 0 Å². The van der Waals surface area contributed by atoms with Crippen LogP contribution in [0.4, 0.5) is 11.4 Å². The number of amides is 2. The molecule has 0 N–H and O–H groups in total. The molecule has 35 heavy (non-hydrogen) atoms. The molecular formula is C25H28N4O5S. The monoisotopic (exact) mass is 496 g/mol. The summed E-state index contributed by atoms with van der Waals surface area (Å²) in [6, 6.07) is 12.7. The number of carbonyl (C=O) groups is 2. The third kappa shape index (κ3) is 5.83. The van der Waals surface area contributed by atoms with Crippen LogP contribution in [0.2, 0.25) is 0 Å². The van der Waals surface area contributed by atoms with Crippen LogP contribution in [0, 0.1) is 10.1 Å². The van der Waals surface area contributed by atoms with Crippen molar-refractivity contribution < 1.29 is 19.2 Å². The van der Waals surface area contributed by atoms with Gasteiger partial charge in [-0.2, -0.15) is 0 Å². The molecule has 0 atom stereocenters. The Morgan fingerprint density at radius 3 is 2.34 bits per heavy atom. The van der Waals surface area contributed by atoms with Gasteiger partial charge in [0, 0.05) is 68.4 Å². The Morgan fingerprint density at radius 2 is 1.69 bits per heavy atom. The summed E-state index contributed by atoms with van der Waals surface area (Å²) in [6.45, 7) is 10.2. The van der Waals surface area contributed by atoms with Crippen LogP contribution in [0.5, 0.6) is 0 Å². The average molecular weight is 497 g/mol. The van der Waals surface area contributed by atoms with E-state index >= 15 is 0 Å². The Balaban J connectivity index is 1.49. The van der Waals surface area contributed by atoms with E-state index in [1.165, 1.54) is 24.8 Å². The normalized spacial score (nSPS) is 16.2. The summed E-state index contributed by atoms with van der Waals surface area (Å²) in [7, 11) is 0. The fourth-order valence-electron chi connectivity index (χ4n) is 4.17. The third-order valence-electron chi connectivity index (χ3n) is 6.20. The zero-order valence-corrected chi connectivity index (χ0v) is 20.5. The molecule has 0 saturated carbocycles. The van der Waals surface area contributed by atoms with E-state index in [-0.39, 0.29) is 23.1 Å². The highest BCUT2D eigenvalue weighted by Gasteiger charge is 2.26. The van der Waals surface area contributed by atoms with Gasteiger partial charge in [0.1, 0.15) is 0 Å². The van der Waals surface area contributed by atoms with E-state index in [2.05, 4.69) is 11.5 Å². The maximum absolute atomic E-state index is 13.0. The maximum atomic E-state index is 13.0. The number of benzene rings is 2. The van der Waals surface area contributed by atoms with Crippen molar-refractivity contribution >= 4 is 40.5 Å². The fraction of sp³-hybridized carbons (Fsp3) is 0.360. The summed E-state index contributed by atoms with van der Waals surface area (Å²) in [5.74, 6) is -0.295. The van der Waals surface area contributed by atoms with Crippen LogP contribution < -0.4 is 4.90 Å². The standard InChI is InChI=1S/C25H28N4O5S/c1-18(25(31)28-10-8-26(9-11-28)19(2)30)20-6-7-24(23(16-20)29(32)33)35-22-5-3-4-21(17-22)27-12-14-34-15-13-27/h3-7,16-17H,1,8-15H2,2H3. The number of hydrogen-bond donors (Lipinski definition) is 0. The van der Waals surface area contributed by atoms with Crippen molar-refractivity contribution in [3.63, 3.8) is 0 Å². The molecular weight excluding hydrogens is 468 g/mol. The van der Waals surface area contributed by atoms with Crippen LogP contribution in [-0.4, -0.2) is 79.0 Å². The van der Waals surface area contributed by atoms with Crippen LogP contribution in [-0.2, 0) is 14.3 Å². The first kappa shape index (κ1) is 24.7. The first-order valence-corrected chi connectivity index (χ1v) is 12.3. The van der Waals surface area contributed by atoms with E-state index in [4.69, 9.17) is 4.74 Å². The largest absolute Gasteiger partial charge is 0.378 e. The number of piperazine rings is 1. The number of nitrogens with zero attached hydrogens (tertiary/aromatic N) is 4. The molecule has 9 nitrogen and oxygen atoms in total. The van der Waals surface area contributed by atoms with E-state index in [0.717, 1.165) is 23.7 Å². The van der Waals surface area contributed by atoms with Gasteiger partial charge in [0.25, 0.3) is 11.6 Å². The molecule has 0 spiro atoms. The van der Waals surface area contributed by atoms with Crippen molar-refractivity contribution in [2.45, 2.75) is 16.7 Å².